The Morgan fingerprint density at radius 3 is 2.38 bits per heavy atom. The van der Waals surface area contributed by atoms with Gasteiger partial charge in [0.1, 0.15) is 0 Å². The third kappa shape index (κ3) is 4.26. The molecule has 1 rings (SSSR count). The van der Waals surface area contributed by atoms with Gasteiger partial charge in [-0.05, 0) is 27.8 Å². The molecule has 90 valence electrons. The molecule has 1 N–H and O–H groups in total. The predicted molar refractivity (Wildman–Crippen MR) is 71.9 cm³/mol. The van der Waals surface area contributed by atoms with E-state index in [1.165, 1.54) is 0 Å². The molecule has 0 spiro atoms. The maximum Gasteiger partial charge on any atom is 0.222 e. The van der Waals surface area contributed by atoms with Crippen LogP contribution in [0, 0.1) is 5.41 Å². The smallest absolute Gasteiger partial charge is 0.222 e. The largest absolute Gasteiger partial charge is 0.351 e. The molecule has 0 amide bonds. The van der Waals surface area contributed by atoms with Gasteiger partial charge in [-0.2, -0.15) is 0 Å². The molecule has 0 radical (unpaired) electrons. The first-order valence-corrected chi connectivity index (χ1v) is 6.56. The summed E-state index contributed by atoms with van der Waals surface area (Å²) in [6.07, 6.45) is 4.36. The highest BCUT2D eigenvalue weighted by Gasteiger charge is 2.24. The van der Waals surface area contributed by atoms with Gasteiger partial charge in [0, 0.05) is 24.3 Å². The Labute approximate surface area is 110 Å². The number of nitrogens with zero attached hydrogens (tertiary/aromatic N) is 2. The Bertz CT molecular complexity index is 321. The van der Waals surface area contributed by atoms with Gasteiger partial charge < -0.3 is 5.32 Å². The maximum absolute atomic E-state index is 5.81. The normalized spacial score (nSPS) is 13.6. The lowest BCUT2D eigenvalue weighted by Gasteiger charge is -2.31. The van der Waals surface area contributed by atoms with E-state index in [0.29, 0.717) is 11.8 Å². The molecule has 0 fully saturated rings. The molecular weight excluding hydrogens is 289 g/mol. The Kier molecular flexibility index (Phi) is 4.99. The van der Waals surface area contributed by atoms with Gasteiger partial charge in [0.15, 0.2) is 0 Å². The number of nitrogens with one attached hydrogen (secondary N) is 1. The van der Waals surface area contributed by atoms with E-state index in [1.807, 2.05) is 0 Å². The average Bonchev–Trinajstić information content (AvgIpc) is 2.19. The molecule has 1 aromatic heterocycles. The molecule has 0 aliphatic carbocycles. The Hall–Kier alpha value is -0.350. The van der Waals surface area contributed by atoms with Crippen molar-refractivity contribution in [2.24, 2.45) is 5.41 Å². The van der Waals surface area contributed by atoms with Gasteiger partial charge in [0.05, 0.1) is 4.47 Å². The van der Waals surface area contributed by atoms with Gasteiger partial charge in [0.25, 0.3) is 0 Å². The van der Waals surface area contributed by atoms with Gasteiger partial charge in [0.2, 0.25) is 5.95 Å². The van der Waals surface area contributed by atoms with E-state index >= 15 is 0 Å². The van der Waals surface area contributed by atoms with E-state index in [0.717, 1.165) is 10.9 Å². The van der Waals surface area contributed by atoms with Crippen LogP contribution in [-0.2, 0) is 0 Å². The van der Waals surface area contributed by atoms with Crippen molar-refractivity contribution >= 4 is 33.5 Å². The van der Waals surface area contributed by atoms with Crippen LogP contribution in [0.15, 0.2) is 16.9 Å². The minimum atomic E-state index is 0.130. The Balaban J connectivity index is 2.72. The van der Waals surface area contributed by atoms with Crippen molar-refractivity contribution in [3.63, 3.8) is 0 Å². The zero-order valence-electron chi connectivity index (χ0n) is 9.80. The standard InChI is InChI=1S/C11H17BrClN3/c1-11(2,3)9(4-5-13)16-10-14-6-8(12)7-15-10/h6-7,9H,4-5H2,1-3H3,(H,14,15,16). The molecule has 0 aromatic carbocycles. The number of halogens is 2. The highest BCUT2D eigenvalue weighted by Crippen LogP contribution is 2.24. The highest BCUT2D eigenvalue weighted by molar-refractivity contribution is 9.10. The lowest BCUT2D eigenvalue weighted by molar-refractivity contribution is 0.333. The first-order chi connectivity index (χ1) is 7.43. The van der Waals surface area contributed by atoms with Crippen LogP contribution < -0.4 is 5.32 Å². The number of hydrogen-bond acceptors (Lipinski definition) is 3. The Morgan fingerprint density at radius 2 is 1.94 bits per heavy atom. The first kappa shape index (κ1) is 13.7. The van der Waals surface area contributed by atoms with E-state index in [1.54, 1.807) is 12.4 Å². The van der Waals surface area contributed by atoms with E-state index in [9.17, 15) is 0 Å². The monoisotopic (exact) mass is 305 g/mol. The molecule has 1 aromatic rings. The predicted octanol–water partition coefficient (Wildman–Crippen LogP) is 3.69. The summed E-state index contributed by atoms with van der Waals surface area (Å²) in [4.78, 5) is 8.40. The SMILES string of the molecule is CC(C)(C)C(CCCl)Nc1ncc(Br)cn1. The second-order valence-corrected chi connectivity index (χ2v) is 6.06. The van der Waals surface area contributed by atoms with Crippen molar-refractivity contribution in [2.45, 2.75) is 33.2 Å². The van der Waals surface area contributed by atoms with Crippen molar-refractivity contribution in [1.82, 2.24) is 9.97 Å². The Morgan fingerprint density at radius 1 is 1.38 bits per heavy atom. The van der Waals surface area contributed by atoms with Crippen LogP contribution in [0.25, 0.3) is 0 Å². The number of alkyl halides is 1. The van der Waals surface area contributed by atoms with Crippen LogP contribution in [0.2, 0.25) is 0 Å². The van der Waals surface area contributed by atoms with Crippen molar-refractivity contribution in [3.8, 4) is 0 Å². The molecule has 5 heteroatoms. The van der Waals surface area contributed by atoms with E-state index < -0.39 is 0 Å². The molecule has 16 heavy (non-hydrogen) atoms. The molecule has 0 saturated heterocycles. The van der Waals surface area contributed by atoms with E-state index in [4.69, 9.17) is 11.6 Å². The molecule has 0 aliphatic rings. The molecule has 1 heterocycles. The lowest BCUT2D eigenvalue weighted by atomic mass is 9.85. The average molecular weight is 307 g/mol. The summed E-state index contributed by atoms with van der Waals surface area (Å²) in [5.74, 6) is 1.28. The summed E-state index contributed by atoms with van der Waals surface area (Å²) in [6.45, 7) is 6.53. The second-order valence-electron chi connectivity index (χ2n) is 4.77. The van der Waals surface area contributed by atoms with Gasteiger partial charge in [-0.25, -0.2) is 9.97 Å². The maximum atomic E-state index is 5.81. The number of anilines is 1. The zero-order valence-corrected chi connectivity index (χ0v) is 12.1. The fourth-order valence-corrected chi connectivity index (χ4v) is 1.80. The van der Waals surface area contributed by atoms with Gasteiger partial charge in [-0.1, -0.05) is 20.8 Å². The summed E-state index contributed by atoms with van der Waals surface area (Å²) in [5.41, 5.74) is 0.130. The van der Waals surface area contributed by atoms with E-state index in [-0.39, 0.29) is 11.5 Å². The van der Waals surface area contributed by atoms with Gasteiger partial charge in [-0.3, -0.25) is 0 Å². The van der Waals surface area contributed by atoms with Crippen LogP contribution in [0.4, 0.5) is 5.95 Å². The minimum absolute atomic E-state index is 0.130. The summed E-state index contributed by atoms with van der Waals surface area (Å²) < 4.78 is 0.878. The number of hydrogen-bond donors (Lipinski definition) is 1. The van der Waals surface area contributed by atoms with Crippen molar-refractivity contribution in [1.29, 1.82) is 0 Å². The van der Waals surface area contributed by atoms with Crippen LogP contribution >= 0.6 is 27.5 Å². The van der Waals surface area contributed by atoms with Crippen LogP contribution in [0.3, 0.4) is 0 Å². The molecule has 0 aliphatic heterocycles. The summed E-state index contributed by atoms with van der Waals surface area (Å²) in [6, 6.07) is 0.270. The topological polar surface area (TPSA) is 37.8 Å². The van der Waals surface area contributed by atoms with Crippen LogP contribution in [-0.4, -0.2) is 21.9 Å². The fourth-order valence-electron chi connectivity index (χ4n) is 1.37. The lowest BCUT2D eigenvalue weighted by Crippen LogP contribution is -2.35. The van der Waals surface area contributed by atoms with Crippen molar-refractivity contribution < 1.29 is 0 Å². The summed E-state index contributed by atoms with van der Waals surface area (Å²) in [7, 11) is 0. The molecular formula is C11H17BrClN3. The van der Waals surface area contributed by atoms with Crippen molar-refractivity contribution in [2.75, 3.05) is 11.2 Å². The molecule has 1 atom stereocenters. The summed E-state index contributed by atoms with van der Waals surface area (Å²) in [5, 5.41) is 3.32. The zero-order chi connectivity index (χ0) is 12.2. The molecule has 3 nitrogen and oxygen atoms in total. The molecule has 1 unspecified atom stereocenters. The second kappa shape index (κ2) is 5.82. The van der Waals surface area contributed by atoms with Crippen LogP contribution in [0.1, 0.15) is 27.2 Å². The molecule has 0 saturated carbocycles. The molecule has 0 bridgehead atoms. The third-order valence-corrected chi connectivity index (χ3v) is 2.99. The van der Waals surface area contributed by atoms with Crippen molar-refractivity contribution in [3.05, 3.63) is 16.9 Å². The first-order valence-electron chi connectivity index (χ1n) is 5.23. The van der Waals surface area contributed by atoms with Gasteiger partial charge >= 0.3 is 0 Å². The van der Waals surface area contributed by atoms with Crippen LogP contribution in [0.5, 0.6) is 0 Å². The quantitative estimate of drug-likeness (QED) is 0.862. The van der Waals surface area contributed by atoms with E-state index in [2.05, 4.69) is 52.0 Å². The number of aromatic nitrogens is 2. The number of rotatable bonds is 4. The third-order valence-electron chi connectivity index (χ3n) is 2.37. The minimum Gasteiger partial charge on any atom is -0.351 e. The highest BCUT2D eigenvalue weighted by atomic mass is 79.9. The fraction of sp³-hybridized carbons (Fsp3) is 0.636. The summed E-state index contributed by atoms with van der Waals surface area (Å²) >= 11 is 9.11. The van der Waals surface area contributed by atoms with Gasteiger partial charge in [-0.15, -0.1) is 11.6 Å².